The number of carbonyl (C=O) groups is 1. The lowest BCUT2D eigenvalue weighted by atomic mass is 10.1. The zero-order valence-electron chi connectivity index (χ0n) is 12.8. The number of hydrogen-bond donors (Lipinski definition) is 1. The van der Waals surface area contributed by atoms with Crippen molar-refractivity contribution >= 4 is 29.0 Å². The summed E-state index contributed by atoms with van der Waals surface area (Å²) in [6.07, 6.45) is -4.57. The molecule has 0 aromatic heterocycles. The molecule has 24 heavy (non-hydrogen) atoms. The quantitative estimate of drug-likeness (QED) is 0.849. The molecule has 2 rings (SSSR count). The van der Waals surface area contributed by atoms with Crippen LogP contribution in [0.3, 0.4) is 0 Å². The number of urea groups is 1. The molecule has 2 aromatic rings. The Morgan fingerprint density at radius 3 is 2.38 bits per heavy atom. The summed E-state index contributed by atoms with van der Waals surface area (Å²) < 4.78 is 44.0. The molecule has 0 unspecified atom stereocenters. The van der Waals surface area contributed by atoms with Crippen LogP contribution in [0.25, 0.3) is 0 Å². The van der Waals surface area contributed by atoms with E-state index in [9.17, 15) is 18.0 Å². The van der Waals surface area contributed by atoms with Gasteiger partial charge in [-0.1, -0.05) is 17.7 Å². The molecule has 2 aromatic carbocycles. The number of amides is 2. The molecule has 0 aliphatic rings. The topological polar surface area (TPSA) is 55.6 Å². The zero-order chi connectivity index (χ0) is 18.1. The average Bonchev–Trinajstić information content (AvgIpc) is 2.49. The van der Waals surface area contributed by atoms with Crippen LogP contribution < -0.4 is 15.4 Å². The fraction of sp³-hybridized carbons (Fsp3) is 0.188. The molecule has 0 radical (unpaired) electrons. The van der Waals surface area contributed by atoms with Gasteiger partial charge in [-0.3, -0.25) is 4.90 Å². The number of primary amides is 1. The Morgan fingerprint density at radius 2 is 1.88 bits per heavy atom. The highest BCUT2D eigenvalue weighted by molar-refractivity contribution is 6.31. The van der Waals surface area contributed by atoms with Crippen molar-refractivity contribution in [1.82, 2.24) is 0 Å². The summed E-state index contributed by atoms with van der Waals surface area (Å²) in [7, 11) is 1.29. The number of anilines is 2. The smallest absolute Gasteiger partial charge is 0.416 e. The second kappa shape index (κ2) is 6.60. The first-order chi connectivity index (χ1) is 11.1. The standard InChI is InChI=1S/C16H14ClF3N2O2/c1-9-3-5-11(8-12(9)17)22(15(21)23)13-7-10(16(18,19)20)4-6-14(13)24-2/h3-8H,1-2H3,(H2,21,23). The van der Waals surface area contributed by atoms with Crippen molar-refractivity contribution in [2.45, 2.75) is 13.1 Å². The number of nitrogens with zero attached hydrogens (tertiary/aromatic N) is 1. The lowest BCUT2D eigenvalue weighted by Crippen LogP contribution is -2.32. The zero-order valence-corrected chi connectivity index (χ0v) is 13.6. The van der Waals surface area contributed by atoms with Crippen LogP contribution in [0, 0.1) is 6.92 Å². The fourth-order valence-corrected chi connectivity index (χ4v) is 2.32. The minimum atomic E-state index is -4.57. The van der Waals surface area contributed by atoms with E-state index in [4.69, 9.17) is 22.1 Å². The number of nitrogens with two attached hydrogens (primary N) is 1. The summed E-state index contributed by atoms with van der Waals surface area (Å²) in [4.78, 5) is 12.8. The van der Waals surface area contributed by atoms with Crippen LogP contribution in [-0.2, 0) is 6.18 Å². The Kier molecular flexibility index (Phi) is 4.94. The van der Waals surface area contributed by atoms with Gasteiger partial charge in [-0.25, -0.2) is 4.79 Å². The third kappa shape index (κ3) is 3.56. The van der Waals surface area contributed by atoms with Crippen molar-refractivity contribution in [2.24, 2.45) is 5.73 Å². The maximum absolute atomic E-state index is 13.0. The molecule has 0 bridgehead atoms. The Morgan fingerprint density at radius 1 is 1.21 bits per heavy atom. The Hall–Kier alpha value is -2.41. The van der Waals surface area contributed by atoms with Crippen LogP contribution >= 0.6 is 11.6 Å². The fourth-order valence-electron chi connectivity index (χ4n) is 2.15. The van der Waals surface area contributed by atoms with E-state index in [1.165, 1.54) is 19.2 Å². The first-order valence-electron chi connectivity index (χ1n) is 6.76. The lowest BCUT2D eigenvalue weighted by Gasteiger charge is -2.24. The predicted octanol–water partition coefficient (Wildman–Crippen LogP) is 4.89. The maximum atomic E-state index is 13.0. The van der Waals surface area contributed by atoms with Crippen LogP contribution in [-0.4, -0.2) is 13.1 Å². The number of hydrogen-bond acceptors (Lipinski definition) is 2. The lowest BCUT2D eigenvalue weighted by molar-refractivity contribution is -0.137. The van der Waals surface area contributed by atoms with Gasteiger partial charge in [0.1, 0.15) is 5.75 Å². The highest BCUT2D eigenvalue weighted by Crippen LogP contribution is 2.40. The van der Waals surface area contributed by atoms with Gasteiger partial charge in [-0.05, 0) is 42.8 Å². The summed E-state index contributed by atoms with van der Waals surface area (Å²) in [5.41, 5.74) is 5.31. The predicted molar refractivity (Wildman–Crippen MR) is 85.9 cm³/mol. The van der Waals surface area contributed by atoms with Crippen molar-refractivity contribution in [2.75, 3.05) is 12.0 Å². The summed E-state index contributed by atoms with van der Waals surface area (Å²) in [6.45, 7) is 1.76. The van der Waals surface area contributed by atoms with Gasteiger partial charge in [0.2, 0.25) is 0 Å². The molecule has 2 amide bonds. The van der Waals surface area contributed by atoms with E-state index in [1.807, 2.05) is 0 Å². The molecular formula is C16H14ClF3N2O2. The van der Waals surface area contributed by atoms with Gasteiger partial charge in [0.25, 0.3) is 0 Å². The van der Waals surface area contributed by atoms with Gasteiger partial charge in [0.05, 0.1) is 24.0 Å². The maximum Gasteiger partial charge on any atom is 0.416 e. The summed E-state index contributed by atoms with van der Waals surface area (Å²) >= 11 is 6.04. The third-order valence-corrected chi connectivity index (χ3v) is 3.79. The van der Waals surface area contributed by atoms with Gasteiger partial charge in [0.15, 0.2) is 0 Å². The van der Waals surface area contributed by atoms with Crippen LogP contribution in [0.5, 0.6) is 5.75 Å². The SMILES string of the molecule is COc1ccc(C(F)(F)F)cc1N(C(N)=O)c1ccc(C)c(Cl)c1. The first-order valence-corrected chi connectivity index (χ1v) is 7.14. The largest absolute Gasteiger partial charge is 0.495 e. The molecule has 0 fully saturated rings. The van der Waals surface area contributed by atoms with E-state index in [-0.39, 0.29) is 17.1 Å². The van der Waals surface area contributed by atoms with Crippen molar-refractivity contribution in [3.63, 3.8) is 0 Å². The highest BCUT2D eigenvalue weighted by atomic mass is 35.5. The van der Waals surface area contributed by atoms with Gasteiger partial charge in [0, 0.05) is 5.02 Å². The molecular weight excluding hydrogens is 345 g/mol. The van der Waals surface area contributed by atoms with E-state index in [1.54, 1.807) is 13.0 Å². The molecule has 8 heteroatoms. The molecule has 0 saturated heterocycles. The number of aryl methyl sites for hydroxylation is 1. The van der Waals surface area contributed by atoms with Crippen LogP contribution in [0.2, 0.25) is 5.02 Å². The van der Waals surface area contributed by atoms with E-state index in [0.717, 1.165) is 28.7 Å². The second-order valence-corrected chi connectivity index (χ2v) is 5.40. The Bertz CT molecular complexity index is 778. The second-order valence-electron chi connectivity index (χ2n) is 4.99. The van der Waals surface area contributed by atoms with Crippen LogP contribution in [0.15, 0.2) is 36.4 Å². The average molecular weight is 359 g/mol. The van der Waals surface area contributed by atoms with Crippen molar-refractivity contribution in [3.8, 4) is 5.75 Å². The van der Waals surface area contributed by atoms with Gasteiger partial charge in [-0.15, -0.1) is 0 Å². The molecule has 0 atom stereocenters. The van der Waals surface area contributed by atoms with E-state index >= 15 is 0 Å². The number of alkyl halides is 3. The molecule has 0 heterocycles. The number of carbonyl (C=O) groups excluding carboxylic acids is 1. The van der Waals surface area contributed by atoms with Gasteiger partial charge < -0.3 is 10.5 Å². The Labute approximate surface area is 141 Å². The molecule has 2 N–H and O–H groups in total. The Balaban J connectivity index is 2.66. The molecule has 128 valence electrons. The minimum absolute atomic E-state index is 0.0681. The molecule has 0 aliphatic heterocycles. The third-order valence-electron chi connectivity index (χ3n) is 3.38. The summed E-state index contributed by atoms with van der Waals surface area (Å²) in [5, 5.41) is 0.352. The van der Waals surface area contributed by atoms with E-state index in [0.29, 0.717) is 5.02 Å². The van der Waals surface area contributed by atoms with Crippen molar-refractivity contribution in [3.05, 3.63) is 52.5 Å². The molecule has 0 spiro atoms. The summed E-state index contributed by atoms with van der Waals surface area (Å²) in [6, 6.07) is 6.44. The van der Waals surface area contributed by atoms with Crippen molar-refractivity contribution < 1.29 is 22.7 Å². The summed E-state index contributed by atoms with van der Waals surface area (Å²) in [5.74, 6) is 0.0681. The van der Waals surface area contributed by atoms with Crippen LogP contribution in [0.1, 0.15) is 11.1 Å². The molecule has 4 nitrogen and oxygen atoms in total. The van der Waals surface area contributed by atoms with E-state index < -0.39 is 17.8 Å². The monoisotopic (exact) mass is 358 g/mol. The van der Waals surface area contributed by atoms with Gasteiger partial charge >= 0.3 is 12.2 Å². The molecule has 0 saturated carbocycles. The van der Waals surface area contributed by atoms with E-state index in [2.05, 4.69) is 0 Å². The highest BCUT2D eigenvalue weighted by Gasteiger charge is 2.32. The number of methoxy groups -OCH3 is 1. The normalized spacial score (nSPS) is 11.2. The first kappa shape index (κ1) is 17.9. The van der Waals surface area contributed by atoms with Crippen LogP contribution in [0.4, 0.5) is 29.3 Å². The number of ether oxygens (including phenoxy) is 1. The number of benzene rings is 2. The number of halogens is 4. The van der Waals surface area contributed by atoms with Gasteiger partial charge in [-0.2, -0.15) is 13.2 Å². The molecule has 0 aliphatic carbocycles. The minimum Gasteiger partial charge on any atom is -0.495 e. The van der Waals surface area contributed by atoms with Crippen molar-refractivity contribution in [1.29, 1.82) is 0 Å². The number of rotatable bonds is 3.